The van der Waals surface area contributed by atoms with Gasteiger partial charge < -0.3 is 5.32 Å². The minimum Gasteiger partial charge on any atom is -0.315 e. The quantitative estimate of drug-likeness (QED) is 0.765. The van der Waals surface area contributed by atoms with Crippen LogP contribution in [-0.4, -0.2) is 37.0 Å². The lowest BCUT2D eigenvalue weighted by Crippen LogP contribution is -2.25. The zero-order chi connectivity index (χ0) is 10.9. The molecule has 1 aliphatic heterocycles. The van der Waals surface area contributed by atoms with Crippen molar-refractivity contribution in [1.82, 2.24) is 15.5 Å². The van der Waals surface area contributed by atoms with Crippen molar-refractivity contribution >= 4 is 9.84 Å². The Balaban J connectivity index is 2.32. The molecule has 6 heteroatoms. The lowest BCUT2D eigenvalue weighted by Gasteiger charge is -2.08. The van der Waals surface area contributed by atoms with E-state index in [1.165, 1.54) is 6.07 Å². The molecule has 1 fully saturated rings. The van der Waals surface area contributed by atoms with E-state index in [9.17, 15) is 8.42 Å². The van der Waals surface area contributed by atoms with E-state index in [0.717, 1.165) is 12.2 Å². The van der Waals surface area contributed by atoms with Crippen LogP contribution in [0.4, 0.5) is 0 Å². The first-order chi connectivity index (χ1) is 7.10. The van der Waals surface area contributed by atoms with E-state index in [1.807, 2.05) is 0 Å². The topological polar surface area (TPSA) is 72.0 Å². The SMILES string of the molecule is Cc1ccc(S(=O)(=O)[C@H]2CCNC2)nn1. The summed E-state index contributed by atoms with van der Waals surface area (Å²) in [6.07, 6.45) is 0.651. The molecule has 1 atom stereocenters. The van der Waals surface area contributed by atoms with Gasteiger partial charge >= 0.3 is 0 Å². The molecule has 0 saturated carbocycles. The Kier molecular flexibility index (Phi) is 2.70. The average molecular weight is 227 g/mol. The standard InChI is InChI=1S/C9H13N3O2S/c1-7-2-3-9(12-11-7)15(13,14)8-4-5-10-6-8/h2-3,8,10H,4-6H2,1H3/t8-/m0/s1. The van der Waals surface area contributed by atoms with Crippen molar-refractivity contribution in [3.63, 3.8) is 0 Å². The number of sulfone groups is 1. The van der Waals surface area contributed by atoms with Crippen molar-refractivity contribution in [1.29, 1.82) is 0 Å². The number of hydrogen-bond donors (Lipinski definition) is 1. The third-order valence-corrected chi connectivity index (χ3v) is 4.60. The van der Waals surface area contributed by atoms with Crippen LogP contribution in [0, 0.1) is 6.92 Å². The monoisotopic (exact) mass is 227 g/mol. The summed E-state index contributed by atoms with van der Waals surface area (Å²) >= 11 is 0. The van der Waals surface area contributed by atoms with E-state index in [2.05, 4.69) is 15.5 Å². The zero-order valence-corrected chi connectivity index (χ0v) is 9.29. The van der Waals surface area contributed by atoms with Crippen LogP contribution in [0.5, 0.6) is 0 Å². The van der Waals surface area contributed by atoms with Gasteiger partial charge in [0.2, 0.25) is 9.84 Å². The van der Waals surface area contributed by atoms with Gasteiger partial charge in [-0.25, -0.2) is 8.42 Å². The molecule has 1 aliphatic rings. The molecule has 0 spiro atoms. The first kappa shape index (κ1) is 10.5. The molecule has 15 heavy (non-hydrogen) atoms. The Morgan fingerprint density at radius 2 is 2.20 bits per heavy atom. The number of aryl methyl sites for hydroxylation is 1. The summed E-state index contributed by atoms with van der Waals surface area (Å²) in [5, 5.41) is 10.3. The van der Waals surface area contributed by atoms with Crippen LogP contribution in [0.1, 0.15) is 12.1 Å². The fourth-order valence-electron chi connectivity index (χ4n) is 1.60. The van der Waals surface area contributed by atoms with Gasteiger partial charge in [-0.3, -0.25) is 0 Å². The number of nitrogens with zero attached hydrogens (tertiary/aromatic N) is 2. The predicted octanol–water partition coefficient (Wildman–Crippen LogP) is -0.0794. The van der Waals surface area contributed by atoms with Gasteiger partial charge in [0.05, 0.1) is 10.9 Å². The summed E-state index contributed by atoms with van der Waals surface area (Å²) < 4.78 is 24.0. The van der Waals surface area contributed by atoms with Crippen LogP contribution >= 0.6 is 0 Å². The molecule has 1 aromatic rings. The number of hydrogen-bond acceptors (Lipinski definition) is 5. The van der Waals surface area contributed by atoms with E-state index in [-0.39, 0.29) is 10.3 Å². The first-order valence-electron chi connectivity index (χ1n) is 4.85. The van der Waals surface area contributed by atoms with Crippen molar-refractivity contribution < 1.29 is 8.42 Å². The maximum Gasteiger partial charge on any atom is 0.201 e. The van der Waals surface area contributed by atoms with Gasteiger partial charge in [-0.05, 0) is 32.0 Å². The molecule has 0 aliphatic carbocycles. The number of rotatable bonds is 2. The van der Waals surface area contributed by atoms with Crippen LogP contribution in [0.3, 0.4) is 0 Å². The summed E-state index contributed by atoms with van der Waals surface area (Å²) in [5.74, 6) is 0. The minimum atomic E-state index is -3.29. The summed E-state index contributed by atoms with van der Waals surface area (Å²) in [7, 11) is -3.29. The lowest BCUT2D eigenvalue weighted by atomic mass is 10.4. The molecule has 1 N–H and O–H groups in total. The van der Waals surface area contributed by atoms with Gasteiger partial charge in [-0.2, -0.15) is 5.10 Å². The first-order valence-corrected chi connectivity index (χ1v) is 6.40. The summed E-state index contributed by atoms with van der Waals surface area (Å²) in [5.41, 5.74) is 0.721. The zero-order valence-electron chi connectivity index (χ0n) is 8.47. The maximum absolute atomic E-state index is 12.0. The molecular weight excluding hydrogens is 214 g/mol. The van der Waals surface area contributed by atoms with Gasteiger partial charge in [-0.15, -0.1) is 5.10 Å². The summed E-state index contributed by atoms with van der Waals surface area (Å²) in [4.78, 5) is 0. The highest BCUT2D eigenvalue weighted by molar-refractivity contribution is 7.92. The van der Waals surface area contributed by atoms with Gasteiger partial charge in [0.15, 0.2) is 5.03 Å². The third-order valence-electron chi connectivity index (χ3n) is 2.52. The van der Waals surface area contributed by atoms with E-state index in [0.29, 0.717) is 13.0 Å². The van der Waals surface area contributed by atoms with Crippen LogP contribution in [0.25, 0.3) is 0 Å². The van der Waals surface area contributed by atoms with Crippen LogP contribution in [0.15, 0.2) is 17.2 Å². The van der Waals surface area contributed by atoms with Crippen molar-refractivity contribution in [2.75, 3.05) is 13.1 Å². The molecule has 1 saturated heterocycles. The van der Waals surface area contributed by atoms with Gasteiger partial charge in [-0.1, -0.05) is 0 Å². The smallest absolute Gasteiger partial charge is 0.201 e. The Bertz CT molecular complexity index is 435. The highest BCUT2D eigenvalue weighted by Gasteiger charge is 2.31. The molecule has 82 valence electrons. The lowest BCUT2D eigenvalue weighted by molar-refractivity contribution is 0.576. The number of nitrogens with one attached hydrogen (secondary N) is 1. The molecule has 0 bridgehead atoms. The van der Waals surface area contributed by atoms with Crippen molar-refractivity contribution in [2.45, 2.75) is 23.6 Å². The molecule has 1 aromatic heterocycles. The second-order valence-electron chi connectivity index (χ2n) is 3.67. The van der Waals surface area contributed by atoms with Crippen molar-refractivity contribution in [2.24, 2.45) is 0 Å². The van der Waals surface area contributed by atoms with E-state index in [4.69, 9.17) is 0 Å². The second kappa shape index (κ2) is 3.86. The fourth-order valence-corrected chi connectivity index (χ4v) is 3.12. The average Bonchev–Trinajstić information content (AvgIpc) is 2.71. The normalized spacial score (nSPS) is 21.8. The molecule has 0 unspecified atom stereocenters. The van der Waals surface area contributed by atoms with Crippen molar-refractivity contribution in [3.8, 4) is 0 Å². The highest BCUT2D eigenvalue weighted by Crippen LogP contribution is 2.17. The molecule has 0 aromatic carbocycles. The molecule has 5 nitrogen and oxygen atoms in total. The molecular formula is C9H13N3O2S. The maximum atomic E-state index is 12.0. The Morgan fingerprint density at radius 1 is 1.40 bits per heavy atom. The van der Waals surface area contributed by atoms with Crippen LogP contribution < -0.4 is 5.32 Å². The Morgan fingerprint density at radius 3 is 2.73 bits per heavy atom. The summed E-state index contributed by atoms with van der Waals surface area (Å²) in [6.45, 7) is 3.04. The van der Waals surface area contributed by atoms with Crippen molar-refractivity contribution in [3.05, 3.63) is 17.8 Å². The van der Waals surface area contributed by atoms with Gasteiger partial charge in [0, 0.05) is 6.54 Å². The fraction of sp³-hybridized carbons (Fsp3) is 0.556. The van der Waals surface area contributed by atoms with Gasteiger partial charge in [0.25, 0.3) is 0 Å². The molecule has 2 heterocycles. The number of aromatic nitrogens is 2. The summed E-state index contributed by atoms with van der Waals surface area (Å²) in [6, 6.07) is 3.19. The van der Waals surface area contributed by atoms with E-state index in [1.54, 1.807) is 13.0 Å². The molecule has 2 rings (SSSR count). The van der Waals surface area contributed by atoms with Gasteiger partial charge in [0.1, 0.15) is 0 Å². The Hall–Kier alpha value is -1.01. The second-order valence-corrected chi connectivity index (χ2v) is 5.85. The largest absolute Gasteiger partial charge is 0.315 e. The van der Waals surface area contributed by atoms with Crippen LogP contribution in [-0.2, 0) is 9.84 Å². The molecule has 0 amide bonds. The van der Waals surface area contributed by atoms with E-state index < -0.39 is 9.84 Å². The van der Waals surface area contributed by atoms with E-state index >= 15 is 0 Å². The Labute approximate surface area is 88.8 Å². The highest BCUT2D eigenvalue weighted by atomic mass is 32.2. The minimum absolute atomic E-state index is 0.0850. The third kappa shape index (κ3) is 2.00. The molecule has 0 radical (unpaired) electrons. The predicted molar refractivity (Wildman–Crippen MR) is 55.2 cm³/mol. The van der Waals surface area contributed by atoms with Crippen LogP contribution in [0.2, 0.25) is 0 Å².